The van der Waals surface area contributed by atoms with Gasteiger partial charge in [-0.25, -0.2) is 22.9 Å². The number of esters is 2. The lowest BCUT2D eigenvalue weighted by Gasteiger charge is -2.35. The number of fused-ring (bicyclic) bond motifs is 1. The van der Waals surface area contributed by atoms with Crippen molar-refractivity contribution in [1.82, 2.24) is 13.8 Å². The van der Waals surface area contributed by atoms with Crippen LogP contribution in [0.1, 0.15) is 57.6 Å². The van der Waals surface area contributed by atoms with Gasteiger partial charge in [-0.15, -0.1) is 11.6 Å². The van der Waals surface area contributed by atoms with E-state index in [1.165, 1.54) is 3.96 Å². The smallest absolute Gasteiger partial charge is 0.341 e. The molecule has 1 aromatic carbocycles. The van der Waals surface area contributed by atoms with Crippen LogP contribution in [-0.2, 0) is 43.5 Å². The van der Waals surface area contributed by atoms with Crippen molar-refractivity contribution in [3.05, 3.63) is 90.5 Å². The number of nitrogens with one attached hydrogen (secondary N) is 1. The average molecular weight is 660 g/mol. The predicted molar refractivity (Wildman–Crippen MR) is 170 cm³/mol. The van der Waals surface area contributed by atoms with E-state index in [4.69, 9.17) is 21.1 Å². The molecule has 1 aromatic heterocycles. The van der Waals surface area contributed by atoms with E-state index >= 15 is 0 Å². The van der Waals surface area contributed by atoms with Gasteiger partial charge in [-0.2, -0.15) is 0 Å². The lowest BCUT2D eigenvalue weighted by atomic mass is 9.78. The van der Waals surface area contributed by atoms with Crippen LogP contribution in [0.3, 0.4) is 0 Å². The lowest BCUT2D eigenvalue weighted by Crippen LogP contribution is -2.41. The number of carbonyl (C=O) groups excluding carboxylic acids is 3. The fraction of sp³-hybridized carbons (Fsp3) is 0.469. The van der Waals surface area contributed by atoms with Crippen molar-refractivity contribution in [2.24, 2.45) is 5.92 Å². The van der Waals surface area contributed by atoms with Gasteiger partial charge in [0.25, 0.3) is 0 Å². The molecule has 2 aliphatic rings. The van der Waals surface area contributed by atoms with Gasteiger partial charge in [0.05, 0.1) is 18.7 Å². The molecule has 0 saturated heterocycles. The van der Waals surface area contributed by atoms with Crippen molar-refractivity contribution in [2.45, 2.75) is 77.8 Å². The Bertz CT molecular complexity index is 1630. The molecule has 2 heterocycles. The third-order valence-corrected chi connectivity index (χ3v) is 9.45. The van der Waals surface area contributed by atoms with E-state index in [0.29, 0.717) is 31.3 Å². The van der Waals surface area contributed by atoms with Crippen LogP contribution >= 0.6 is 23.1 Å². The van der Waals surface area contributed by atoms with Crippen LogP contribution in [0.5, 0.6) is 0 Å². The fourth-order valence-corrected chi connectivity index (χ4v) is 6.36. The fourth-order valence-electron chi connectivity index (χ4n) is 5.30. The zero-order valence-electron chi connectivity index (χ0n) is 25.5. The van der Waals surface area contributed by atoms with E-state index in [1.54, 1.807) is 38.1 Å². The van der Waals surface area contributed by atoms with Crippen molar-refractivity contribution < 1.29 is 29.0 Å². The number of carbonyl (C=O) groups is 3. The second-order valence-electron chi connectivity index (χ2n) is 11.5. The Labute approximate surface area is 269 Å². The quantitative estimate of drug-likeness (QED) is 0.171. The largest absolute Gasteiger partial charge is 0.458 e. The number of hydrogen-bond donors (Lipinski definition) is 2. The zero-order valence-corrected chi connectivity index (χ0v) is 27.1. The van der Waals surface area contributed by atoms with Gasteiger partial charge < -0.3 is 19.9 Å². The van der Waals surface area contributed by atoms with Crippen molar-refractivity contribution in [2.75, 3.05) is 12.5 Å². The molecule has 0 unspecified atom stereocenters. The Morgan fingerprint density at radius 1 is 1.18 bits per heavy atom. The number of aliphatic hydroxyl groups is 1. The summed E-state index contributed by atoms with van der Waals surface area (Å²) in [5.74, 6) is -1.54. The molecular formula is C32H38ClN3O8S. The molecule has 4 rings (SSSR count). The van der Waals surface area contributed by atoms with E-state index in [2.05, 4.69) is 5.32 Å². The van der Waals surface area contributed by atoms with Crippen LogP contribution in [0.2, 0.25) is 0 Å². The molecule has 13 heteroatoms. The summed E-state index contributed by atoms with van der Waals surface area (Å²) in [4.78, 5) is 61.1. The molecule has 1 amide bonds. The Morgan fingerprint density at radius 2 is 1.89 bits per heavy atom. The maximum atomic E-state index is 12.4. The molecule has 11 nitrogen and oxygen atoms in total. The second-order valence-corrected chi connectivity index (χ2v) is 12.9. The summed E-state index contributed by atoms with van der Waals surface area (Å²) in [6.07, 6.45) is 5.79. The van der Waals surface area contributed by atoms with E-state index in [0.717, 1.165) is 50.5 Å². The number of allylic oxidation sites excluding steroid dienone is 1. The summed E-state index contributed by atoms with van der Waals surface area (Å²) >= 11 is 6.52. The minimum Gasteiger partial charge on any atom is -0.458 e. The number of nitrogens with zero attached hydrogens (tertiary/aromatic N) is 2. The van der Waals surface area contributed by atoms with Gasteiger partial charge in [0.2, 0.25) is 5.91 Å². The second kappa shape index (κ2) is 15.0. The maximum Gasteiger partial charge on any atom is 0.341 e. The predicted octanol–water partition coefficient (Wildman–Crippen LogP) is 3.20. The third kappa shape index (κ3) is 8.71. The molecule has 0 spiro atoms. The number of ether oxygens (including phenoxy) is 2. The van der Waals surface area contributed by atoms with Crippen LogP contribution in [0.4, 0.5) is 0 Å². The van der Waals surface area contributed by atoms with Gasteiger partial charge in [-0.05, 0) is 61.8 Å². The topological polar surface area (TPSA) is 146 Å². The van der Waals surface area contributed by atoms with Gasteiger partial charge in [0.15, 0.2) is 0 Å². The number of alkyl halides is 1. The number of hydrogen-bond acceptors (Lipinski definition) is 9. The van der Waals surface area contributed by atoms with Crippen molar-refractivity contribution >= 4 is 41.0 Å². The first-order valence-electron chi connectivity index (χ1n) is 14.8. The minimum absolute atomic E-state index is 0.0265. The highest BCUT2D eigenvalue weighted by Crippen LogP contribution is 2.38. The lowest BCUT2D eigenvalue weighted by molar-refractivity contribution is -0.146. The van der Waals surface area contributed by atoms with Crippen molar-refractivity contribution in [3.8, 4) is 0 Å². The highest BCUT2D eigenvalue weighted by Gasteiger charge is 2.42. The van der Waals surface area contributed by atoms with E-state index < -0.39 is 29.3 Å². The number of aryl methyl sites for hydroxylation is 1. The third-order valence-electron chi connectivity index (χ3n) is 8.34. The normalized spacial score (nSPS) is 23.3. The van der Waals surface area contributed by atoms with E-state index in [9.17, 15) is 29.1 Å². The monoisotopic (exact) mass is 659 g/mol. The van der Waals surface area contributed by atoms with Crippen LogP contribution in [0.15, 0.2) is 68.8 Å². The van der Waals surface area contributed by atoms with Crippen molar-refractivity contribution in [3.63, 3.8) is 0 Å². The first-order chi connectivity index (χ1) is 21.4. The first-order valence-corrected chi connectivity index (χ1v) is 16.1. The summed E-state index contributed by atoms with van der Waals surface area (Å²) < 4.78 is 13.5. The molecule has 0 radical (unpaired) electrons. The molecule has 2 N–H and O–H groups in total. The Morgan fingerprint density at radius 3 is 2.60 bits per heavy atom. The average Bonchev–Trinajstić information content (AvgIpc) is 3.44. The van der Waals surface area contributed by atoms with Crippen LogP contribution in [0, 0.1) is 5.92 Å². The van der Waals surface area contributed by atoms with Crippen LogP contribution in [-0.4, -0.2) is 55.7 Å². The summed E-state index contributed by atoms with van der Waals surface area (Å²) in [6, 6.07) is 7.11. The highest BCUT2D eigenvalue weighted by molar-refractivity contribution is 7.03. The number of benzene rings is 1. The van der Waals surface area contributed by atoms with E-state index in [1.807, 2.05) is 13.0 Å². The Hall–Kier alpha value is -3.74. The van der Waals surface area contributed by atoms with Gasteiger partial charge in [0, 0.05) is 47.6 Å². The minimum atomic E-state index is -1.05. The molecule has 2 aromatic rings. The SMILES string of the molecule is CC1=C2CC/C(COC(=O)/C=C\C(=O)NCc3ccc(Cn4c(=O)sn(CCCl)c4=O)cc3)=C\CC[C@@](C)(O)[C@@H](C)[C@H]2OC1=O. The molecule has 1 aliphatic carbocycles. The number of amides is 1. The molecule has 0 fully saturated rings. The summed E-state index contributed by atoms with van der Waals surface area (Å²) in [5.41, 5.74) is 2.39. The van der Waals surface area contributed by atoms with Gasteiger partial charge in [-0.3, -0.25) is 9.59 Å². The Kier molecular flexibility index (Phi) is 11.4. The van der Waals surface area contributed by atoms with Gasteiger partial charge in [-0.1, -0.05) is 37.3 Å². The molecule has 45 heavy (non-hydrogen) atoms. The van der Waals surface area contributed by atoms with Crippen LogP contribution < -0.4 is 15.9 Å². The van der Waals surface area contributed by atoms with E-state index in [-0.39, 0.29) is 48.9 Å². The standard InChI is InChI=1S/C32H38ClN3O8S/c1-20-25-11-10-24(5-4-14-32(3,42)21(2)28(25)44-29(20)39)19-43-27(38)13-12-26(37)34-17-22-6-8-23(9-7-22)18-35-30(40)36(16-15-33)45-31(35)41/h5-9,12-13,21,28,42H,4,10-11,14-19H2,1-3H3,(H,34,37)/b13-12-,24-5+/t21-,28+,32+/m0/s1. The molecular weight excluding hydrogens is 622 g/mol. The summed E-state index contributed by atoms with van der Waals surface area (Å²) in [7, 11) is 0. The molecule has 0 bridgehead atoms. The summed E-state index contributed by atoms with van der Waals surface area (Å²) in [5, 5.41) is 13.7. The van der Waals surface area contributed by atoms with Crippen LogP contribution in [0.25, 0.3) is 0 Å². The Balaban J connectivity index is 1.26. The zero-order chi connectivity index (χ0) is 32.7. The molecule has 3 atom stereocenters. The number of aromatic nitrogens is 2. The van der Waals surface area contributed by atoms with Gasteiger partial charge in [0.1, 0.15) is 12.7 Å². The highest BCUT2D eigenvalue weighted by atomic mass is 35.5. The van der Waals surface area contributed by atoms with Gasteiger partial charge >= 0.3 is 22.5 Å². The number of halogens is 1. The first kappa shape index (κ1) is 34.1. The van der Waals surface area contributed by atoms with Crippen molar-refractivity contribution in [1.29, 1.82) is 0 Å². The molecule has 0 saturated carbocycles. The summed E-state index contributed by atoms with van der Waals surface area (Å²) in [6.45, 7) is 6.01. The molecule has 1 aliphatic heterocycles. The number of rotatable bonds is 10. The maximum absolute atomic E-state index is 12.4. The molecule has 242 valence electrons.